The topological polar surface area (TPSA) is 98.8 Å². The molecule has 0 spiro atoms. The number of amides is 2. The molecule has 10 heteroatoms. The summed E-state index contributed by atoms with van der Waals surface area (Å²) in [5.41, 5.74) is 0.0657. The Morgan fingerprint density at radius 3 is 2.24 bits per heavy atom. The zero-order valence-electron chi connectivity index (χ0n) is 17.9. The maximum atomic E-state index is 12.7. The van der Waals surface area contributed by atoms with Crippen molar-refractivity contribution in [2.75, 3.05) is 38.5 Å². The Labute approximate surface area is 178 Å². The van der Waals surface area contributed by atoms with Crippen LogP contribution in [0.5, 0.6) is 0 Å². The molecule has 29 heavy (non-hydrogen) atoms. The first-order valence-corrected chi connectivity index (χ1v) is 11.2. The third kappa shape index (κ3) is 7.49. The molecule has 0 atom stereocenters. The van der Waals surface area contributed by atoms with Gasteiger partial charge in [0.15, 0.2) is 0 Å². The maximum Gasteiger partial charge on any atom is 0.244 e. The summed E-state index contributed by atoms with van der Waals surface area (Å²) >= 11 is 6.11. The molecule has 0 aromatic heterocycles. The summed E-state index contributed by atoms with van der Waals surface area (Å²) < 4.78 is 26.8. The predicted molar refractivity (Wildman–Crippen MR) is 116 cm³/mol. The molecule has 0 unspecified atom stereocenters. The van der Waals surface area contributed by atoms with Crippen LogP contribution in [-0.2, 0) is 19.6 Å². The van der Waals surface area contributed by atoms with E-state index in [1.54, 1.807) is 19.9 Å². The number of nitrogens with one attached hydrogen (secondary N) is 2. The van der Waals surface area contributed by atoms with Gasteiger partial charge in [-0.05, 0) is 39.0 Å². The van der Waals surface area contributed by atoms with E-state index in [2.05, 4.69) is 10.6 Å². The Bertz CT molecular complexity index is 833. The molecule has 0 aliphatic heterocycles. The van der Waals surface area contributed by atoms with E-state index in [4.69, 9.17) is 11.6 Å². The summed E-state index contributed by atoms with van der Waals surface area (Å²) in [5, 5.41) is 5.80. The van der Waals surface area contributed by atoms with Gasteiger partial charge in [-0.25, -0.2) is 8.42 Å². The summed E-state index contributed by atoms with van der Waals surface area (Å²) in [6, 6.07) is 4.49. The van der Waals surface area contributed by atoms with Crippen LogP contribution in [-0.4, -0.2) is 68.2 Å². The van der Waals surface area contributed by atoms with Gasteiger partial charge in [0, 0.05) is 31.4 Å². The van der Waals surface area contributed by atoms with Crippen LogP contribution in [0.25, 0.3) is 0 Å². The fraction of sp³-hybridized carbons (Fsp3) is 0.579. The van der Waals surface area contributed by atoms with E-state index in [0.717, 1.165) is 0 Å². The molecule has 0 saturated heterocycles. The number of sulfonamides is 1. The van der Waals surface area contributed by atoms with E-state index in [0.29, 0.717) is 18.8 Å². The van der Waals surface area contributed by atoms with Crippen LogP contribution >= 0.6 is 11.6 Å². The molecule has 0 bridgehead atoms. The average Bonchev–Trinajstić information content (AvgIpc) is 2.59. The molecule has 164 valence electrons. The molecule has 0 saturated carbocycles. The van der Waals surface area contributed by atoms with E-state index >= 15 is 0 Å². The first kappa shape index (κ1) is 25.2. The van der Waals surface area contributed by atoms with E-state index in [1.807, 2.05) is 20.8 Å². The van der Waals surface area contributed by atoms with Crippen LogP contribution < -0.4 is 10.6 Å². The minimum Gasteiger partial charge on any atom is -0.376 e. The maximum absolute atomic E-state index is 12.7. The lowest BCUT2D eigenvalue weighted by Gasteiger charge is -2.23. The second-order valence-corrected chi connectivity index (χ2v) is 9.95. The highest BCUT2D eigenvalue weighted by molar-refractivity contribution is 7.89. The number of likely N-dealkylation sites (N-methyl/N-ethyl adjacent to an activating group) is 1. The van der Waals surface area contributed by atoms with Gasteiger partial charge < -0.3 is 15.5 Å². The molecule has 0 aliphatic carbocycles. The van der Waals surface area contributed by atoms with Gasteiger partial charge >= 0.3 is 0 Å². The Hall–Kier alpha value is -1.84. The fourth-order valence-electron chi connectivity index (χ4n) is 2.59. The van der Waals surface area contributed by atoms with Crippen LogP contribution in [0.15, 0.2) is 23.1 Å². The molecule has 1 rings (SSSR count). The van der Waals surface area contributed by atoms with Crippen molar-refractivity contribution in [1.82, 2.24) is 14.5 Å². The van der Waals surface area contributed by atoms with Crippen molar-refractivity contribution in [3.63, 3.8) is 0 Å². The molecule has 2 amide bonds. The zero-order chi connectivity index (χ0) is 22.4. The Morgan fingerprint density at radius 2 is 1.72 bits per heavy atom. The van der Waals surface area contributed by atoms with E-state index < -0.39 is 10.0 Å². The summed E-state index contributed by atoms with van der Waals surface area (Å²) in [7, 11) is -2.20. The predicted octanol–water partition coefficient (Wildman–Crippen LogP) is 2.16. The lowest BCUT2D eigenvalue weighted by atomic mass is 10.1. The first-order chi connectivity index (χ1) is 13.3. The molecule has 0 heterocycles. The minimum atomic E-state index is -3.73. The van der Waals surface area contributed by atoms with Crippen LogP contribution in [0.3, 0.4) is 0 Å². The number of anilines is 1. The standard InChI is InChI=1S/C19H31ClN4O4S/c1-7-24(8-2)29(27,28)16-11-14(9-10-15(16)20)21-12-18(26)23(6)13-17(25)22-19(3,4)5/h9-11,21H,7-8,12-13H2,1-6H3,(H,22,25). The van der Waals surface area contributed by atoms with Gasteiger partial charge in [0.2, 0.25) is 21.8 Å². The van der Waals surface area contributed by atoms with Gasteiger partial charge in [0.05, 0.1) is 18.1 Å². The highest BCUT2D eigenvalue weighted by Gasteiger charge is 2.25. The van der Waals surface area contributed by atoms with Crippen molar-refractivity contribution in [1.29, 1.82) is 0 Å². The van der Waals surface area contributed by atoms with Crippen molar-refractivity contribution in [3.8, 4) is 0 Å². The lowest BCUT2D eigenvalue weighted by Crippen LogP contribution is -2.47. The largest absolute Gasteiger partial charge is 0.376 e. The SMILES string of the molecule is CCN(CC)S(=O)(=O)c1cc(NCC(=O)N(C)CC(=O)NC(C)(C)C)ccc1Cl. The second kappa shape index (κ2) is 10.3. The van der Waals surface area contributed by atoms with E-state index in [1.165, 1.54) is 28.4 Å². The normalized spacial score (nSPS) is 12.0. The molecule has 0 fully saturated rings. The molecular formula is C19H31ClN4O4S. The van der Waals surface area contributed by atoms with Crippen molar-refractivity contribution in [2.45, 2.75) is 45.1 Å². The number of hydrogen-bond acceptors (Lipinski definition) is 5. The molecule has 8 nitrogen and oxygen atoms in total. The molecule has 0 aliphatic rings. The van der Waals surface area contributed by atoms with Gasteiger partial charge in [-0.15, -0.1) is 0 Å². The van der Waals surface area contributed by atoms with Gasteiger partial charge in [0.25, 0.3) is 0 Å². The lowest BCUT2D eigenvalue weighted by molar-refractivity contribution is -0.133. The third-order valence-electron chi connectivity index (χ3n) is 4.02. The molecular weight excluding hydrogens is 416 g/mol. The Balaban J connectivity index is 2.83. The van der Waals surface area contributed by atoms with Crippen molar-refractivity contribution in [3.05, 3.63) is 23.2 Å². The van der Waals surface area contributed by atoms with Crippen molar-refractivity contribution in [2.24, 2.45) is 0 Å². The number of carbonyl (C=O) groups is 2. The van der Waals surface area contributed by atoms with Crippen LogP contribution in [0.4, 0.5) is 5.69 Å². The number of rotatable bonds is 9. The summed E-state index contributed by atoms with van der Waals surface area (Å²) in [6.45, 7) is 9.57. The second-order valence-electron chi connectivity index (χ2n) is 7.64. The van der Waals surface area contributed by atoms with Gasteiger partial charge in [-0.3, -0.25) is 9.59 Å². The van der Waals surface area contributed by atoms with Gasteiger partial charge in [-0.1, -0.05) is 25.4 Å². The average molecular weight is 447 g/mol. The smallest absolute Gasteiger partial charge is 0.244 e. The minimum absolute atomic E-state index is 0.0155. The molecule has 0 radical (unpaired) electrons. The van der Waals surface area contributed by atoms with E-state index in [-0.39, 0.29) is 40.4 Å². The number of benzene rings is 1. The van der Waals surface area contributed by atoms with Crippen molar-refractivity contribution < 1.29 is 18.0 Å². The van der Waals surface area contributed by atoms with Crippen LogP contribution in [0, 0.1) is 0 Å². The number of halogens is 1. The van der Waals surface area contributed by atoms with Crippen LogP contribution in [0.2, 0.25) is 5.02 Å². The molecule has 1 aromatic rings. The Kier molecular flexibility index (Phi) is 8.92. The molecule has 2 N–H and O–H groups in total. The number of carbonyl (C=O) groups excluding carboxylic acids is 2. The summed E-state index contributed by atoms with van der Waals surface area (Å²) in [4.78, 5) is 25.5. The summed E-state index contributed by atoms with van der Waals surface area (Å²) in [5.74, 6) is -0.565. The van der Waals surface area contributed by atoms with Crippen molar-refractivity contribution >= 4 is 39.1 Å². The quantitative estimate of drug-likeness (QED) is 0.605. The summed E-state index contributed by atoms with van der Waals surface area (Å²) in [6.07, 6.45) is 0. The van der Waals surface area contributed by atoms with Crippen LogP contribution in [0.1, 0.15) is 34.6 Å². The first-order valence-electron chi connectivity index (χ1n) is 9.40. The highest BCUT2D eigenvalue weighted by atomic mass is 35.5. The zero-order valence-corrected chi connectivity index (χ0v) is 19.4. The Morgan fingerprint density at radius 1 is 1.14 bits per heavy atom. The highest BCUT2D eigenvalue weighted by Crippen LogP contribution is 2.27. The fourth-order valence-corrected chi connectivity index (χ4v) is 4.55. The number of hydrogen-bond donors (Lipinski definition) is 2. The van der Waals surface area contributed by atoms with E-state index in [9.17, 15) is 18.0 Å². The monoisotopic (exact) mass is 446 g/mol. The third-order valence-corrected chi connectivity index (χ3v) is 6.55. The molecule has 1 aromatic carbocycles. The van der Waals surface area contributed by atoms with Gasteiger partial charge in [0.1, 0.15) is 4.90 Å². The number of nitrogens with zero attached hydrogens (tertiary/aromatic N) is 2. The van der Waals surface area contributed by atoms with Gasteiger partial charge in [-0.2, -0.15) is 4.31 Å².